The Morgan fingerprint density at radius 2 is 2.13 bits per heavy atom. The van der Waals surface area contributed by atoms with Crippen LogP contribution in [-0.2, 0) is 0 Å². The van der Waals surface area contributed by atoms with Crippen molar-refractivity contribution < 1.29 is 9.34 Å². The number of non-ortho nitro benzene ring substituents is 1. The van der Waals surface area contributed by atoms with Crippen molar-refractivity contribution in [1.82, 2.24) is 4.98 Å². The van der Waals surface area contributed by atoms with Gasteiger partial charge in [0.1, 0.15) is 22.2 Å². The largest absolute Gasteiger partial charge is 0.422 e. The summed E-state index contributed by atoms with van der Waals surface area (Å²) in [4.78, 5) is 27.3. The van der Waals surface area contributed by atoms with E-state index in [2.05, 4.69) is 32.3 Å². The van der Waals surface area contributed by atoms with Crippen LogP contribution >= 0.6 is 27.3 Å². The second-order valence-corrected chi connectivity index (χ2v) is 8.06. The molecular weight excluding hydrogens is 484 g/mol. The number of nitriles is 1. The summed E-state index contributed by atoms with van der Waals surface area (Å²) in [5, 5.41) is 26.0. The minimum atomic E-state index is -0.618. The van der Waals surface area contributed by atoms with Crippen LogP contribution in [-0.4, -0.2) is 9.91 Å². The number of allylic oxidation sites excluding steroid dienone is 1. The normalized spacial score (nSPS) is 11.3. The molecule has 0 radical (unpaired) electrons. The topological polar surface area (TPSA) is 122 Å². The third-order valence-electron chi connectivity index (χ3n) is 4.27. The molecule has 152 valence electrons. The van der Waals surface area contributed by atoms with Gasteiger partial charge < -0.3 is 9.73 Å². The highest BCUT2D eigenvalue weighted by Crippen LogP contribution is 2.28. The lowest BCUT2D eigenvalue weighted by molar-refractivity contribution is -0.384. The lowest BCUT2D eigenvalue weighted by Crippen LogP contribution is -2.03. The fourth-order valence-corrected chi connectivity index (χ4v) is 3.98. The first kappa shape index (κ1) is 20.5. The number of hydrogen-bond donors (Lipinski definition) is 1. The summed E-state index contributed by atoms with van der Waals surface area (Å²) < 4.78 is 6.18. The monoisotopic (exact) mass is 494 g/mol. The van der Waals surface area contributed by atoms with Crippen LogP contribution in [0, 0.1) is 21.4 Å². The number of aromatic nitrogens is 1. The van der Waals surface area contributed by atoms with Gasteiger partial charge in [-0.15, -0.1) is 11.3 Å². The number of thiazole rings is 1. The van der Waals surface area contributed by atoms with Crippen LogP contribution in [0.5, 0.6) is 0 Å². The Bertz CT molecular complexity index is 1450. The number of hydrogen-bond acceptors (Lipinski definition) is 8. The molecule has 0 bridgehead atoms. The third kappa shape index (κ3) is 4.37. The summed E-state index contributed by atoms with van der Waals surface area (Å²) >= 11 is 4.58. The van der Waals surface area contributed by atoms with Gasteiger partial charge in [0.05, 0.1) is 16.2 Å². The lowest BCUT2D eigenvalue weighted by Gasteiger charge is -2.02. The molecule has 2 aromatic carbocycles. The van der Waals surface area contributed by atoms with E-state index >= 15 is 0 Å². The number of benzene rings is 2. The lowest BCUT2D eigenvalue weighted by atomic mass is 10.1. The van der Waals surface area contributed by atoms with Gasteiger partial charge in [0.2, 0.25) is 0 Å². The zero-order valence-corrected chi connectivity index (χ0v) is 17.9. The predicted octanol–water partition coefficient (Wildman–Crippen LogP) is 5.56. The molecule has 0 aliphatic rings. The quantitative estimate of drug-likeness (QED) is 0.166. The van der Waals surface area contributed by atoms with E-state index in [1.165, 1.54) is 41.8 Å². The van der Waals surface area contributed by atoms with E-state index in [1.54, 1.807) is 5.38 Å². The van der Waals surface area contributed by atoms with Crippen molar-refractivity contribution in [1.29, 1.82) is 5.26 Å². The van der Waals surface area contributed by atoms with Gasteiger partial charge in [0.15, 0.2) is 0 Å². The highest BCUT2D eigenvalue weighted by molar-refractivity contribution is 9.10. The zero-order valence-electron chi connectivity index (χ0n) is 15.5. The maximum absolute atomic E-state index is 12.4. The van der Waals surface area contributed by atoms with Crippen LogP contribution in [0.3, 0.4) is 0 Å². The SMILES string of the molecule is N#C/C(=C\Nc1cccc(Br)c1)c1nc(-c2cc3cc([N+](=O)[O-])ccc3oc2=O)cs1. The van der Waals surface area contributed by atoms with Gasteiger partial charge in [-0.2, -0.15) is 5.26 Å². The molecule has 0 aliphatic heterocycles. The van der Waals surface area contributed by atoms with E-state index in [1.807, 2.05) is 24.3 Å². The summed E-state index contributed by atoms with van der Waals surface area (Å²) in [6.07, 6.45) is 1.54. The fraction of sp³-hybridized carbons (Fsp3) is 0. The van der Waals surface area contributed by atoms with E-state index in [-0.39, 0.29) is 22.4 Å². The second-order valence-electron chi connectivity index (χ2n) is 6.29. The smallest absolute Gasteiger partial charge is 0.345 e. The van der Waals surface area contributed by atoms with Crippen molar-refractivity contribution in [3.63, 3.8) is 0 Å². The van der Waals surface area contributed by atoms with E-state index in [4.69, 9.17) is 4.42 Å². The molecule has 0 unspecified atom stereocenters. The number of anilines is 1. The van der Waals surface area contributed by atoms with Gasteiger partial charge in [-0.3, -0.25) is 10.1 Å². The van der Waals surface area contributed by atoms with Crippen molar-refractivity contribution in [2.75, 3.05) is 5.32 Å². The van der Waals surface area contributed by atoms with Crippen molar-refractivity contribution in [3.05, 3.63) is 90.1 Å². The number of nitro groups is 1. The molecule has 0 fully saturated rings. The number of fused-ring (bicyclic) bond motifs is 1. The van der Waals surface area contributed by atoms with Crippen LogP contribution in [0.4, 0.5) is 11.4 Å². The van der Waals surface area contributed by atoms with E-state index < -0.39 is 10.5 Å². The van der Waals surface area contributed by atoms with E-state index in [0.717, 1.165) is 10.2 Å². The molecule has 0 saturated carbocycles. The Balaban J connectivity index is 1.68. The minimum absolute atomic E-state index is 0.111. The van der Waals surface area contributed by atoms with Crippen molar-refractivity contribution in [2.45, 2.75) is 0 Å². The molecule has 0 amide bonds. The molecule has 0 aliphatic carbocycles. The molecule has 10 heteroatoms. The maximum Gasteiger partial charge on any atom is 0.345 e. The number of nitrogens with one attached hydrogen (secondary N) is 1. The summed E-state index contributed by atoms with van der Waals surface area (Å²) in [5.74, 6) is 0. The number of nitrogens with zero attached hydrogens (tertiary/aromatic N) is 3. The zero-order chi connectivity index (χ0) is 22.0. The first-order valence-corrected chi connectivity index (χ1v) is 10.4. The average molecular weight is 495 g/mol. The molecule has 0 spiro atoms. The molecule has 0 saturated heterocycles. The van der Waals surface area contributed by atoms with Crippen LogP contribution in [0.2, 0.25) is 0 Å². The molecule has 8 nitrogen and oxygen atoms in total. The van der Waals surface area contributed by atoms with Gasteiger partial charge in [-0.25, -0.2) is 9.78 Å². The molecule has 1 N–H and O–H groups in total. The Labute approximate surface area is 187 Å². The Kier molecular flexibility index (Phi) is 5.62. The highest BCUT2D eigenvalue weighted by Gasteiger charge is 2.15. The molecular formula is C21H11BrN4O4S. The van der Waals surface area contributed by atoms with Gasteiger partial charge in [-0.1, -0.05) is 22.0 Å². The fourth-order valence-electron chi connectivity index (χ4n) is 2.80. The van der Waals surface area contributed by atoms with Gasteiger partial charge in [0.25, 0.3) is 5.69 Å². The highest BCUT2D eigenvalue weighted by atomic mass is 79.9. The summed E-state index contributed by atoms with van der Waals surface area (Å²) in [7, 11) is 0. The first-order valence-electron chi connectivity index (χ1n) is 8.75. The van der Waals surface area contributed by atoms with Crippen LogP contribution in [0.25, 0.3) is 27.8 Å². The second kappa shape index (κ2) is 8.51. The standard InChI is InChI=1S/C21H11BrN4O4S/c22-14-2-1-3-15(8-14)24-10-13(9-23)20-25-18(11-31-20)17-7-12-6-16(26(28)29)4-5-19(12)30-21(17)27/h1-8,10-11,24H/b13-10+. The summed E-state index contributed by atoms with van der Waals surface area (Å²) in [6, 6.07) is 15.0. The Hall–Kier alpha value is -3.81. The molecule has 4 rings (SSSR count). The van der Waals surface area contributed by atoms with E-state index in [9.17, 15) is 20.2 Å². The average Bonchev–Trinajstić information content (AvgIpc) is 3.23. The maximum atomic E-state index is 12.4. The molecule has 0 atom stereocenters. The predicted molar refractivity (Wildman–Crippen MR) is 122 cm³/mol. The number of halogens is 1. The molecule has 31 heavy (non-hydrogen) atoms. The van der Waals surface area contributed by atoms with Gasteiger partial charge in [0, 0.05) is 39.3 Å². The van der Waals surface area contributed by atoms with Crippen LogP contribution in [0.15, 0.2) is 73.8 Å². The minimum Gasteiger partial charge on any atom is -0.422 e. The van der Waals surface area contributed by atoms with Crippen LogP contribution in [0.1, 0.15) is 5.01 Å². The summed E-state index contributed by atoms with van der Waals surface area (Å²) in [6.45, 7) is 0. The van der Waals surface area contributed by atoms with Crippen molar-refractivity contribution in [2.24, 2.45) is 0 Å². The Morgan fingerprint density at radius 1 is 1.29 bits per heavy atom. The number of nitro benzene ring substituents is 1. The molecule has 4 aromatic rings. The van der Waals surface area contributed by atoms with Crippen LogP contribution < -0.4 is 10.9 Å². The first-order chi connectivity index (χ1) is 14.9. The molecule has 2 aromatic heterocycles. The van der Waals surface area contributed by atoms with Crippen molar-refractivity contribution >= 4 is 55.2 Å². The van der Waals surface area contributed by atoms with Crippen molar-refractivity contribution in [3.8, 4) is 17.3 Å². The van der Waals surface area contributed by atoms with E-state index in [0.29, 0.717) is 16.1 Å². The number of rotatable bonds is 5. The Morgan fingerprint density at radius 3 is 2.87 bits per heavy atom. The third-order valence-corrected chi connectivity index (χ3v) is 5.63. The summed E-state index contributed by atoms with van der Waals surface area (Å²) in [5.41, 5.74) is 1.07. The van der Waals surface area contributed by atoms with Gasteiger partial charge >= 0.3 is 5.63 Å². The molecule has 2 heterocycles. The van der Waals surface area contributed by atoms with Gasteiger partial charge in [-0.05, 0) is 30.3 Å².